The molecule has 0 saturated heterocycles. The van der Waals surface area contributed by atoms with Gasteiger partial charge in [0, 0.05) is 11.4 Å². The number of aromatic nitrogens is 1. The highest BCUT2D eigenvalue weighted by Gasteiger charge is 2.09. The maximum atomic E-state index is 11.0. The molecular weight excluding hydrogens is 241 g/mol. The fraction of sp³-hybridized carbons (Fsp3) is 0.250. The molecule has 0 spiro atoms. The Kier molecular flexibility index (Phi) is 2.85. The van der Waals surface area contributed by atoms with E-state index in [1.54, 1.807) is 6.07 Å². The highest BCUT2D eigenvalue weighted by Crippen LogP contribution is 2.22. The van der Waals surface area contributed by atoms with Crippen LogP contribution in [-0.4, -0.2) is 10.8 Å². The number of carbonyl (C=O) groups is 1. The first kappa shape index (κ1) is 9.68. The monoisotopic (exact) mass is 247 g/mol. The van der Waals surface area contributed by atoms with Crippen molar-refractivity contribution in [3.8, 4) is 0 Å². The van der Waals surface area contributed by atoms with Crippen molar-refractivity contribution in [1.82, 2.24) is 4.98 Å². The van der Waals surface area contributed by atoms with Gasteiger partial charge in [0.15, 0.2) is 5.78 Å². The average molecular weight is 249 g/mol. The number of Topliss-reactive ketones (excluding diaryl/α,β-unsaturated/α-hetero) is 1. The SMILES string of the molecule is CC(=O)c1nc(Cl)cc(Br)c1C. The minimum absolute atomic E-state index is 0.0734. The molecule has 1 heterocycles. The molecule has 0 atom stereocenters. The van der Waals surface area contributed by atoms with E-state index < -0.39 is 0 Å². The Hall–Kier alpha value is -0.410. The molecule has 0 fully saturated rings. The zero-order valence-corrected chi connectivity index (χ0v) is 9.03. The van der Waals surface area contributed by atoms with Crippen LogP contribution < -0.4 is 0 Å². The number of rotatable bonds is 1. The van der Waals surface area contributed by atoms with Gasteiger partial charge in [0.1, 0.15) is 10.8 Å². The number of pyridine rings is 1. The number of ketones is 1. The number of carbonyl (C=O) groups excluding carboxylic acids is 1. The predicted molar refractivity (Wildman–Crippen MR) is 51.7 cm³/mol. The van der Waals surface area contributed by atoms with Crippen LogP contribution in [0.15, 0.2) is 10.5 Å². The summed E-state index contributed by atoms with van der Waals surface area (Å²) in [7, 11) is 0. The van der Waals surface area contributed by atoms with Crippen molar-refractivity contribution in [3.05, 3.63) is 26.9 Å². The normalized spacial score (nSPS) is 10.0. The number of nitrogens with zero attached hydrogens (tertiary/aromatic N) is 1. The predicted octanol–water partition coefficient (Wildman–Crippen LogP) is 3.01. The van der Waals surface area contributed by atoms with Crippen LogP contribution in [0.5, 0.6) is 0 Å². The maximum Gasteiger partial charge on any atom is 0.178 e. The molecule has 0 aromatic carbocycles. The minimum Gasteiger partial charge on any atom is -0.293 e. The Morgan fingerprint density at radius 3 is 2.75 bits per heavy atom. The molecule has 0 radical (unpaired) electrons. The Morgan fingerprint density at radius 2 is 2.25 bits per heavy atom. The van der Waals surface area contributed by atoms with Gasteiger partial charge >= 0.3 is 0 Å². The van der Waals surface area contributed by atoms with E-state index in [9.17, 15) is 4.79 Å². The summed E-state index contributed by atoms with van der Waals surface area (Å²) in [6.45, 7) is 3.29. The van der Waals surface area contributed by atoms with Gasteiger partial charge in [0.2, 0.25) is 0 Å². The summed E-state index contributed by atoms with van der Waals surface area (Å²) in [6.07, 6.45) is 0. The largest absolute Gasteiger partial charge is 0.293 e. The van der Waals surface area contributed by atoms with Crippen LogP contribution >= 0.6 is 27.5 Å². The third-order valence-electron chi connectivity index (χ3n) is 1.51. The highest BCUT2D eigenvalue weighted by molar-refractivity contribution is 9.10. The van der Waals surface area contributed by atoms with Gasteiger partial charge in [0.05, 0.1) is 0 Å². The van der Waals surface area contributed by atoms with Gasteiger partial charge in [-0.3, -0.25) is 4.79 Å². The molecule has 0 amide bonds. The van der Waals surface area contributed by atoms with Gasteiger partial charge in [-0.2, -0.15) is 0 Å². The molecule has 0 aliphatic heterocycles. The molecule has 0 unspecified atom stereocenters. The van der Waals surface area contributed by atoms with Crippen LogP contribution in [-0.2, 0) is 0 Å². The molecule has 0 aliphatic rings. The van der Waals surface area contributed by atoms with E-state index in [1.165, 1.54) is 6.92 Å². The van der Waals surface area contributed by atoms with Gasteiger partial charge in [-0.05, 0) is 18.6 Å². The average Bonchev–Trinajstić information content (AvgIpc) is 1.96. The van der Waals surface area contributed by atoms with E-state index in [4.69, 9.17) is 11.6 Å². The summed E-state index contributed by atoms with van der Waals surface area (Å²) in [5, 5.41) is 0.331. The van der Waals surface area contributed by atoms with Crippen molar-refractivity contribution in [2.45, 2.75) is 13.8 Å². The standard InChI is InChI=1S/C8H7BrClNO/c1-4-6(9)3-7(10)11-8(4)5(2)12/h3H,1-2H3. The summed E-state index contributed by atoms with van der Waals surface area (Å²) >= 11 is 8.96. The summed E-state index contributed by atoms with van der Waals surface area (Å²) in [4.78, 5) is 14.9. The van der Waals surface area contributed by atoms with Gasteiger partial charge < -0.3 is 0 Å². The Morgan fingerprint density at radius 1 is 1.67 bits per heavy atom. The molecular formula is C8H7BrClNO. The first-order valence-corrected chi connectivity index (χ1v) is 4.53. The first-order valence-electron chi connectivity index (χ1n) is 3.36. The molecule has 0 N–H and O–H groups in total. The van der Waals surface area contributed by atoms with Crippen LogP contribution in [0, 0.1) is 6.92 Å². The third kappa shape index (κ3) is 1.84. The molecule has 1 rings (SSSR count). The molecule has 0 aliphatic carbocycles. The van der Waals surface area contributed by atoms with Crippen molar-refractivity contribution >= 4 is 33.3 Å². The molecule has 64 valence electrons. The van der Waals surface area contributed by atoms with Crippen molar-refractivity contribution in [2.24, 2.45) is 0 Å². The number of halogens is 2. The van der Waals surface area contributed by atoms with Crippen LogP contribution in [0.1, 0.15) is 23.0 Å². The van der Waals surface area contributed by atoms with Gasteiger partial charge in [-0.25, -0.2) is 4.98 Å². The minimum atomic E-state index is -0.0734. The molecule has 0 saturated carbocycles. The fourth-order valence-corrected chi connectivity index (χ4v) is 1.62. The quantitative estimate of drug-likeness (QED) is 0.565. The van der Waals surface area contributed by atoms with Crippen LogP contribution in [0.2, 0.25) is 5.15 Å². The summed E-state index contributed by atoms with van der Waals surface area (Å²) in [5.41, 5.74) is 1.25. The number of hydrogen-bond donors (Lipinski definition) is 0. The molecule has 1 aromatic heterocycles. The van der Waals surface area contributed by atoms with Crippen LogP contribution in [0.4, 0.5) is 0 Å². The summed E-state index contributed by atoms with van der Waals surface area (Å²) in [5.74, 6) is -0.0734. The van der Waals surface area contributed by atoms with E-state index in [2.05, 4.69) is 20.9 Å². The van der Waals surface area contributed by atoms with Gasteiger partial charge in [-0.15, -0.1) is 0 Å². The maximum absolute atomic E-state index is 11.0. The molecule has 12 heavy (non-hydrogen) atoms. The Labute approximate surface area is 84.1 Å². The van der Waals surface area contributed by atoms with Crippen LogP contribution in [0.3, 0.4) is 0 Å². The number of hydrogen-bond acceptors (Lipinski definition) is 2. The van der Waals surface area contributed by atoms with E-state index in [0.717, 1.165) is 10.0 Å². The fourth-order valence-electron chi connectivity index (χ4n) is 0.892. The summed E-state index contributed by atoms with van der Waals surface area (Å²) in [6, 6.07) is 1.67. The van der Waals surface area contributed by atoms with E-state index in [0.29, 0.717) is 10.8 Å². The Balaban J connectivity index is 3.37. The van der Waals surface area contributed by atoms with Gasteiger partial charge in [-0.1, -0.05) is 27.5 Å². The smallest absolute Gasteiger partial charge is 0.178 e. The third-order valence-corrected chi connectivity index (χ3v) is 2.53. The first-order chi connectivity index (χ1) is 5.52. The lowest BCUT2D eigenvalue weighted by molar-refractivity contribution is 0.101. The molecule has 1 aromatic rings. The topological polar surface area (TPSA) is 30.0 Å². The lowest BCUT2D eigenvalue weighted by atomic mass is 10.2. The van der Waals surface area contributed by atoms with E-state index >= 15 is 0 Å². The highest BCUT2D eigenvalue weighted by atomic mass is 79.9. The molecule has 0 bridgehead atoms. The van der Waals surface area contributed by atoms with Crippen molar-refractivity contribution in [1.29, 1.82) is 0 Å². The second-order valence-electron chi connectivity index (χ2n) is 2.46. The molecule has 2 nitrogen and oxygen atoms in total. The van der Waals surface area contributed by atoms with Crippen molar-refractivity contribution < 1.29 is 4.79 Å². The van der Waals surface area contributed by atoms with Crippen molar-refractivity contribution in [3.63, 3.8) is 0 Å². The Bertz CT molecular complexity index is 338. The second-order valence-corrected chi connectivity index (χ2v) is 3.70. The molecule has 4 heteroatoms. The van der Waals surface area contributed by atoms with Crippen LogP contribution in [0.25, 0.3) is 0 Å². The van der Waals surface area contributed by atoms with E-state index in [1.807, 2.05) is 6.92 Å². The van der Waals surface area contributed by atoms with E-state index in [-0.39, 0.29) is 5.78 Å². The summed E-state index contributed by atoms with van der Waals surface area (Å²) < 4.78 is 0.813. The zero-order chi connectivity index (χ0) is 9.30. The van der Waals surface area contributed by atoms with Gasteiger partial charge in [0.25, 0.3) is 0 Å². The lowest BCUT2D eigenvalue weighted by Gasteiger charge is -2.03. The lowest BCUT2D eigenvalue weighted by Crippen LogP contribution is -2.01. The second kappa shape index (κ2) is 3.54. The van der Waals surface area contributed by atoms with Crippen molar-refractivity contribution in [2.75, 3.05) is 0 Å². The zero-order valence-electron chi connectivity index (χ0n) is 6.69.